The van der Waals surface area contributed by atoms with Gasteiger partial charge in [-0.1, -0.05) is 0 Å². The lowest BCUT2D eigenvalue weighted by Gasteiger charge is -2.25. The number of amidine groups is 1. The number of nitrogens with zero attached hydrogens (tertiary/aromatic N) is 2. The zero-order chi connectivity index (χ0) is 13.8. The van der Waals surface area contributed by atoms with Gasteiger partial charge in [0, 0.05) is 24.8 Å². The summed E-state index contributed by atoms with van der Waals surface area (Å²) in [6.45, 7) is 3.96. The monoisotopic (exact) mass is 267 g/mol. The number of hydrogen-bond donors (Lipinski definition) is 1. The molecule has 1 aromatic rings. The molecule has 0 unspecified atom stereocenters. The van der Waals surface area contributed by atoms with Crippen molar-refractivity contribution in [1.82, 2.24) is 0 Å². The average molecular weight is 267 g/mol. The summed E-state index contributed by atoms with van der Waals surface area (Å²) in [6, 6.07) is 5.06. The average Bonchev–Trinajstić information content (AvgIpc) is 2.82. The Balaban J connectivity index is 2.13. The molecule has 1 heterocycles. The van der Waals surface area contributed by atoms with Crippen LogP contribution < -0.4 is 15.4 Å². The number of benzene rings is 1. The second-order valence-corrected chi connectivity index (χ2v) is 4.29. The summed E-state index contributed by atoms with van der Waals surface area (Å²) in [5.74, 6) is -0.129. The van der Waals surface area contributed by atoms with Crippen LogP contribution in [0, 0.1) is 5.82 Å². The third kappa shape index (κ3) is 3.07. The van der Waals surface area contributed by atoms with Gasteiger partial charge in [0.15, 0.2) is 11.6 Å². The number of ether oxygens (including phenoxy) is 2. The molecule has 1 aliphatic rings. The van der Waals surface area contributed by atoms with E-state index >= 15 is 0 Å². The Morgan fingerprint density at radius 1 is 1.58 bits per heavy atom. The van der Waals surface area contributed by atoms with Gasteiger partial charge >= 0.3 is 0 Å². The maximum absolute atomic E-state index is 13.4. The summed E-state index contributed by atoms with van der Waals surface area (Å²) in [7, 11) is 1.45. The van der Waals surface area contributed by atoms with Gasteiger partial charge in [0.25, 0.3) is 6.02 Å². The lowest BCUT2D eigenvalue weighted by atomic mass is 10.2. The molecule has 0 saturated carbocycles. The fourth-order valence-electron chi connectivity index (χ4n) is 2.05. The minimum atomic E-state index is -0.367. The van der Waals surface area contributed by atoms with E-state index in [0.717, 1.165) is 12.2 Å². The smallest absolute Gasteiger partial charge is 0.282 e. The van der Waals surface area contributed by atoms with Crippen LogP contribution >= 0.6 is 0 Å². The van der Waals surface area contributed by atoms with Crippen molar-refractivity contribution < 1.29 is 13.9 Å². The molecule has 0 aromatic heterocycles. The molecule has 2 rings (SSSR count). The van der Waals surface area contributed by atoms with Crippen molar-refractivity contribution >= 4 is 11.7 Å². The SMILES string of the molecule is CCN(C[C@H]1COC(N)=N1)c1ccc(F)c(OC)c1. The van der Waals surface area contributed by atoms with Crippen LogP contribution in [0.15, 0.2) is 23.2 Å². The number of methoxy groups -OCH3 is 1. The molecular formula is C13H18FN3O2. The quantitative estimate of drug-likeness (QED) is 0.875. The van der Waals surface area contributed by atoms with Gasteiger partial charge in [0.05, 0.1) is 7.11 Å². The van der Waals surface area contributed by atoms with E-state index in [1.807, 2.05) is 6.92 Å². The van der Waals surface area contributed by atoms with Crippen LogP contribution in [-0.4, -0.2) is 38.9 Å². The minimum Gasteiger partial charge on any atom is -0.494 e. The number of anilines is 1. The standard InChI is InChI=1S/C13H18FN3O2/c1-3-17(7-9-8-19-13(15)16-9)10-4-5-11(14)12(6-10)18-2/h4-6,9H,3,7-8H2,1-2H3,(H2,15,16)/t9-/m0/s1. The number of nitrogens with two attached hydrogens (primary N) is 1. The van der Waals surface area contributed by atoms with E-state index in [2.05, 4.69) is 9.89 Å². The predicted octanol–water partition coefficient (Wildman–Crippen LogP) is 1.37. The highest BCUT2D eigenvalue weighted by Crippen LogP contribution is 2.25. The van der Waals surface area contributed by atoms with Gasteiger partial charge in [-0.05, 0) is 19.1 Å². The zero-order valence-corrected chi connectivity index (χ0v) is 11.1. The van der Waals surface area contributed by atoms with Gasteiger partial charge in [-0.15, -0.1) is 0 Å². The molecule has 0 fully saturated rings. The Bertz CT molecular complexity index is 479. The molecule has 19 heavy (non-hydrogen) atoms. The second-order valence-electron chi connectivity index (χ2n) is 4.29. The molecule has 0 saturated heterocycles. The number of likely N-dealkylation sites (N-methyl/N-ethyl adjacent to an activating group) is 1. The largest absolute Gasteiger partial charge is 0.494 e. The van der Waals surface area contributed by atoms with Crippen LogP contribution in [0.25, 0.3) is 0 Å². The van der Waals surface area contributed by atoms with E-state index in [0.29, 0.717) is 13.2 Å². The third-order valence-corrected chi connectivity index (χ3v) is 3.05. The molecule has 0 bridgehead atoms. The molecule has 0 aliphatic carbocycles. The van der Waals surface area contributed by atoms with E-state index in [9.17, 15) is 4.39 Å². The van der Waals surface area contributed by atoms with Crippen molar-refractivity contribution in [3.05, 3.63) is 24.0 Å². The molecule has 0 spiro atoms. The van der Waals surface area contributed by atoms with E-state index in [1.54, 1.807) is 12.1 Å². The van der Waals surface area contributed by atoms with Crippen LogP contribution in [0.3, 0.4) is 0 Å². The highest BCUT2D eigenvalue weighted by Gasteiger charge is 2.20. The van der Waals surface area contributed by atoms with Crippen molar-refractivity contribution in [3.8, 4) is 5.75 Å². The van der Waals surface area contributed by atoms with E-state index < -0.39 is 0 Å². The first kappa shape index (κ1) is 13.5. The van der Waals surface area contributed by atoms with Crippen molar-refractivity contribution in [1.29, 1.82) is 0 Å². The molecule has 0 radical (unpaired) electrons. The van der Waals surface area contributed by atoms with E-state index in [4.69, 9.17) is 15.2 Å². The Morgan fingerprint density at radius 2 is 2.37 bits per heavy atom. The van der Waals surface area contributed by atoms with Gasteiger partial charge in [-0.3, -0.25) is 0 Å². The zero-order valence-electron chi connectivity index (χ0n) is 11.1. The third-order valence-electron chi connectivity index (χ3n) is 3.05. The summed E-state index contributed by atoms with van der Waals surface area (Å²) in [5.41, 5.74) is 6.38. The molecule has 0 amide bonds. The molecule has 1 aromatic carbocycles. The second kappa shape index (κ2) is 5.77. The van der Waals surface area contributed by atoms with Crippen LogP contribution in [-0.2, 0) is 4.74 Å². The Kier molecular flexibility index (Phi) is 4.09. The molecule has 1 atom stereocenters. The summed E-state index contributed by atoms with van der Waals surface area (Å²) in [4.78, 5) is 6.27. The molecule has 6 heteroatoms. The van der Waals surface area contributed by atoms with E-state index in [1.165, 1.54) is 13.2 Å². The topological polar surface area (TPSA) is 60.1 Å². The molecule has 1 aliphatic heterocycles. The van der Waals surface area contributed by atoms with Crippen LogP contribution in [0.1, 0.15) is 6.92 Å². The van der Waals surface area contributed by atoms with Crippen molar-refractivity contribution in [2.24, 2.45) is 10.7 Å². The minimum absolute atomic E-state index is 0.0102. The lowest BCUT2D eigenvalue weighted by molar-refractivity contribution is 0.313. The van der Waals surface area contributed by atoms with Crippen molar-refractivity contribution in [3.63, 3.8) is 0 Å². The summed E-state index contributed by atoms with van der Waals surface area (Å²) < 4.78 is 23.5. The number of hydrogen-bond acceptors (Lipinski definition) is 5. The maximum Gasteiger partial charge on any atom is 0.282 e. The maximum atomic E-state index is 13.4. The number of rotatable bonds is 5. The van der Waals surface area contributed by atoms with Gasteiger partial charge in [0.1, 0.15) is 12.6 Å². The number of halogens is 1. The predicted molar refractivity (Wildman–Crippen MR) is 72.2 cm³/mol. The Labute approximate surface area is 111 Å². The Morgan fingerprint density at radius 3 is 2.95 bits per heavy atom. The lowest BCUT2D eigenvalue weighted by Crippen LogP contribution is -2.32. The molecular weight excluding hydrogens is 249 g/mol. The first-order valence-electron chi connectivity index (χ1n) is 6.18. The first-order chi connectivity index (χ1) is 9.13. The van der Waals surface area contributed by atoms with Gasteiger partial charge in [-0.2, -0.15) is 0 Å². The normalized spacial score (nSPS) is 17.8. The van der Waals surface area contributed by atoms with Crippen LogP contribution in [0.5, 0.6) is 5.75 Å². The summed E-state index contributed by atoms with van der Waals surface area (Å²) in [6.07, 6.45) is 0. The van der Waals surface area contributed by atoms with Gasteiger partial charge in [0.2, 0.25) is 0 Å². The first-order valence-corrected chi connectivity index (χ1v) is 6.18. The van der Waals surface area contributed by atoms with Crippen LogP contribution in [0.4, 0.5) is 10.1 Å². The van der Waals surface area contributed by atoms with E-state index in [-0.39, 0.29) is 23.6 Å². The Hall–Kier alpha value is -1.98. The molecule has 104 valence electrons. The molecule has 2 N–H and O–H groups in total. The highest BCUT2D eigenvalue weighted by atomic mass is 19.1. The molecule has 5 nitrogen and oxygen atoms in total. The fourth-order valence-corrected chi connectivity index (χ4v) is 2.05. The fraction of sp³-hybridized carbons (Fsp3) is 0.462. The van der Waals surface area contributed by atoms with Crippen LogP contribution in [0.2, 0.25) is 0 Å². The van der Waals surface area contributed by atoms with Crippen molar-refractivity contribution in [2.45, 2.75) is 13.0 Å². The van der Waals surface area contributed by atoms with Crippen molar-refractivity contribution in [2.75, 3.05) is 31.7 Å². The van der Waals surface area contributed by atoms with Gasteiger partial charge in [-0.25, -0.2) is 9.38 Å². The van der Waals surface area contributed by atoms with Gasteiger partial charge < -0.3 is 20.1 Å². The number of aliphatic imine (C=N–C) groups is 1. The summed E-state index contributed by atoms with van der Waals surface area (Å²) in [5, 5.41) is 0. The highest BCUT2D eigenvalue weighted by molar-refractivity contribution is 5.73. The summed E-state index contributed by atoms with van der Waals surface area (Å²) >= 11 is 0.